The van der Waals surface area contributed by atoms with Crippen molar-refractivity contribution in [3.8, 4) is 5.75 Å². The van der Waals surface area contributed by atoms with Crippen LogP contribution in [0.2, 0.25) is 0 Å². The zero-order chi connectivity index (χ0) is 30.7. The molecule has 1 N–H and O–H groups in total. The third-order valence-corrected chi connectivity index (χ3v) is 7.87. The number of amides is 2. The molecule has 228 valence electrons. The van der Waals surface area contributed by atoms with E-state index in [2.05, 4.69) is 16.9 Å². The Morgan fingerprint density at radius 3 is 2.74 bits per heavy atom. The maximum atomic E-state index is 14.1. The number of esters is 1. The van der Waals surface area contributed by atoms with Crippen LogP contribution in [0.1, 0.15) is 77.0 Å². The molecule has 2 amide bonds. The van der Waals surface area contributed by atoms with E-state index in [4.69, 9.17) is 14.2 Å². The predicted octanol–water partition coefficient (Wildman–Crippen LogP) is 5.55. The van der Waals surface area contributed by atoms with Crippen LogP contribution in [0, 0.1) is 12.7 Å². The molecule has 1 saturated heterocycles. The summed E-state index contributed by atoms with van der Waals surface area (Å²) in [5, 5.41) is 3.44. The lowest BCUT2D eigenvalue weighted by Crippen LogP contribution is -2.53. The number of likely N-dealkylation sites (tertiary alicyclic amines) is 1. The summed E-state index contributed by atoms with van der Waals surface area (Å²) in [6.07, 6.45) is 6.19. The molecule has 2 aliphatic heterocycles. The molecule has 2 aliphatic rings. The zero-order valence-corrected chi connectivity index (χ0v) is 25.3. The van der Waals surface area contributed by atoms with Crippen LogP contribution in [-0.4, -0.2) is 64.8 Å². The Morgan fingerprint density at radius 1 is 1.29 bits per heavy atom. The molecule has 0 aliphatic carbocycles. The van der Waals surface area contributed by atoms with E-state index in [1.54, 1.807) is 26.8 Å². The van der Waals surface area contributed by atoms with Gasteiger partial charge >= 0.3 is 12.1 Å². The van der Waals surface area contributed by atoms with Crippen LogP contribution in [0.4, 0.5) is 9.18 Å². The minimum absolute atomic E-state index is 0.134. The fourth-order valence-corrected chi connectivity index (χ4v) is 5.93. The van der Waals surface area contributed by atoms with E-state index < -0.39 is 35.3 Å². The summed E-state index contributed by atoms with van der Waals surface area (Å²) in [5.41, 5.74) is 0.607. The summed E-state index contributed by atoms with van der Waals surface area (Å²) in [6, 6.07) is 2.72. The molecule has 2 aromatic rings. The number of fused-ring (bicyclic) bond motifs is 3. The van der Waals surface area contributed by atoms with Gasteiger partial charge in [-0.1, -0.05) is 18.9 Å². The molecule has 0 radical (unpaired) electrons. The number of carbonyl (C=O) groups is 3. The molecular formula is C32H42FN3O6. The molecule has 10 heteroatoms. The number of aromatic nitrogens is 1. The zero-order valence-electron chi connectivity index (χ0n) is 25.3. The van der Waals surface area contributed by atoms with Crippen LogP contribution in [0.15, 0.2) is 30.9 Å². The lowest BCUT2D eigenvalue weighted by Gasteiger charge is -2.36. The van der Waals surface area contributed by atoms with Gasteiger partial charge in [0.15, 0.2) is 0 Å². The monoisotopic (exact) mass is 583 g/mol. The number of nitrogens with zero attached hydrogens (tertiary/aromatic N) is 2. The first kappa shape index (κ1) is 31.3. The van der Waals surface area contributed by atoms with Crippen molar-refractivity contribution in [1.82, 2.24) is 15.2 Å². The number of hydrogen-bond donors (Lipinski definition) is 1. The molecule has 3 atom stereocenters. The summed E-state index contributed by atoms with van der Waals surface area (Å²) in [4.78, 5) is 45.9. The van der Waals surface area contributed by atoms with Gasteiger partial charge < -0.3 is 24.4 Å². The third-order valence-electron chi connectivity index (χ3n) is 7.87. The highest BCUT2D eigenvalue weighted by atomic mass is 19.1. The fourth-order valence-electron chi connectivity index (χ4n) is 5.93. The van der Waals surface area contributed by atoms with Crippen molar-refractivity contribution in [2.75, 3.05) is 13.7 Å². The molecule has 4 rings (SSSR count). The van der Waals surface area contributed by atoms with Crippen molar-refractivity contribution in [2.24, 2.45) is 0 Å². The minimum Gasteiger partial charge on any atom is -0.483 e. The largest absolute Gasteiger partial charge is 0.483 e. The van der Waals surface area contributed by atoms with Crippen LogP contribution >= 0.6 is 0 Å². The molecule has 1 aromatic heterocycles. The number of halogens is 1. The Bertz CT molecular complexity index is 1360. The number of unbranched alkanes of at least 4 members (excludes halogenated alkanes) is 3. The summed E-state index contributed by atoms with van der Waals surface area (Å²) >= 11 is 0. The maximum Gasteiger partial charge on any atom is 0.408 e. The SMILES string of the molecule is C=CCCCCCC(NC(=O)OC(C)(C)C)C(=O)N1CC2(CCc3c(c(C)nc4ccc(F)cc34)O2)CC1C(=O)OC. The maximum absolute atomic E-state index is 14.1. The Labute approximate surface area is 246 Å². The lowest BCUT2D eigenvalue weighted by molar-refractivity contribution is -0.151. The molecule has 9 nitrogen and oxygen atoms in total. The summed E-state index contributed by atoms with van der Waals surface area (Å²) < 4.78 is 31.3. The first-order chi connectivity index (χ1) is 19.9. The van der Waals surface area contributed by atoms with Gasteiger partial charge in [-0.05, 0) is 78.0 Å². The molecule has 3 heterocycles. The van der Waals surface area contributed by atoms with Crippen molar-refractivity contribution < 1.29 is 33.0 Å². The van der Waals surface area contributed by atoms with Crippen molar-refractivity contribution >= 4 is 28.9 Å². The van der Waals surface area contributed by atoms with Crippen LogP contribution in [0.3, 0.4) is 0 Å². The van der Waals surface area contributed by atoms with Crippen LogP contribution in [0.5, 0.6) is 5.75 Å². The van der Waals surface area contributed by atoms with Gasteiger partial charge in [0, 0.05) is 17.4 Å². The molecule has 0 saturated carbocycles. The number of benzene rings is 1. The van der Waals surface area contributed by atoms with Gasteiger partial charge in [-0.25, -0.2) is 19.0 Å². The van der Waals surface area contributed by atoms with E-state index >= 15 is 0 Å². The van der Waals surface area contributed by atoms with E-state index in [0.29, 0.717) is 48.0 Å². The van der Waals surface area contributed by atoms with Crippen molar-refractivity contribution in [3.05, 3.63) is 47.9 Å². The number of pyridine rings is 1. The number of aryl methyl sites for hydroxylation is 2. The molecular weight excluding hydrogens is 541 g/mol. The van der Waals surface area contributed by atoms with Crippen molar-refractivity contribution in [1.29, 1.82) is 0 Å². The van der Waals surface area contributed by atoms with Gasteiger partial charge in [-0.3, -0.25) is 4.79 Å². The van der Waals surface area contributed by atoms with E-state index in [9.17, 15) is 18.8 Å². The van der Waals surface area contributed by atoms with E-state index in [1.807, 2.05) is 13.0 Å². The van der Waals surface area contributed by atoms with Gasteiger partial charge in [-0.2, -0.15) is 0 Å². The summed E-state index contributed by atoms with van der Waals surface area (Å²) in [5.74, 6) is -0.733. The van der Waals surface area contributed by atoms with Crippen LogP contribution < -0.4 is 10.1 Å². The normalized spacial score (nSPS) is 20.5. The quantitative estimate of drug-likeness (QED) is 0.234. The molecule has 1 aromatic carbocycles. The number of hydrogen-bond acceptors (Lipinski definition) is 7. The fraction of sp³-hybridized carbons (Fsp3) is 0.562. The topological polar surface area (TPSA) is 107 Å². The second-order valence-electron chi connectivity index (χ2n) is 12.3. The molecule has 1 fully saturated rings. The van der Waals surface area contributed by atoms with E-state index in [1.165, 1.54) is 24.1 Å². The van der Waals surface area contributed by atoms with Crippen molar-refractivity contribution in [2.45, 2.75) is 102 Å². The summed E-state index contributed by atoms with van der Waals surface area (Å²) in [7, 11) is 1.29. The number of allylic oxidation sites excluding steroid dienone is 1. The second-order valence-corrected chi connectivity index (χ2v) is 12.3. The molecule has 42 heavy (non-hydrogen) atoms. The van der Waals surface area contributed by atoms with Gasteiger partial charge in [-0.15, -0.1) is 6.58 Å². The Morgan fingerprint density at radius 2 is 2.05 bits per heavy atom. The average molecular weight is 584 g/mol. The smallest absolute Gasteiger partial charge is 0.408 e. The highest BCUT2D eigenvalue weighted by Crippen LogP contribution is 2.44. The molecule has 0 bridgehead atoms. The number of ether oxygens (including phenoxy) is 3. The average Bonchev–Trinajstić information content (AvgIpc) is 3.29. The van der Waals surface area contributed by atoms with Gasteiger partial charge in [0.05, 0.1) is 24.9 Å². The first-order valence-corrected chi connectivity index (χ1v) is 14.6. The van der Waals surface area contributed by atoms with E-state index in [-0.39, 0.29) is 24.7 Å². The Kier molecular flexibility index (Phi) is 9.43. The standard InChI is InChI=1S/C32H42FN3O6/c1-7-8-9-10-11-12-25(35-30(39)42-31(3,4)5)28(37)36-19-32(18-26(36)29(38)40-6)16-15-22-23-17-21(33)13-14-24(23)34-20(2)27(22)41-32/h7,13-14,17,25-26H,1,8-12,15-16,18-19H2,2-6H3,(H,35,39). The van der Waals surface area contributed by atoms with Gasteiger partial charge in [0.2, 0.25) is 5.91 Å². The number of rotatable bonds is 9. The predicted molar refractivity (Wildman–Crippen MR) is 157 cm³/mol. The van der Waals surface area contributed by atoms with Crippen molar-refractivity contribution in [3.63, 3.8) is 0 Å². The van der Waals surface area contributed by atoms with Gasteiger partial charge in [0.1, 0.15) is 34.9 Å². The summed E-state index contributed by atoms with van der Waals surface area (Å²) in [6.45, 7) is 11.0. The highest BCUT2D eigenvalue weighted by molar-refractivity contribution is 5.91. The highest BCUT2D eigenvalue weighted by Gasteiger charge is 2.53. The lowest BCUT2D eigenvalue weighted by atomic mass is 9.87. The third kappa shape index (κ3) is 7.02. The van der Waals surface area contributed by atoms with E-state index in [0.717, 1.165) is 24.8 Å². The van der Waals surface area contributed by atoms with Crippen LogP contribution in [0.25, 0.3) is 10.9 Å². The number of carbonyl (C=O) groups excluding carboxylic acids is 3. The Balaban J connectivity index is 1.61. The number of alkyl carbamates (subject to hydrolysis) is 1. The second kappa shape index (κ2) is 12.7. The molecule has 3 unspecified atom stereocenters. The van der Waals surface area contributed by atoms with Crippen LogP contribution in [-0.2, 0) is 25.5 Å². The molecule has 1 spiro atoms. The first-order valence-electron chi connectivity index (χ1n) is 14.6. The number of nitrogens with one attached hydrogen (secondary N) is 1. The Hall–Kier alpha value is -3.69. The number of methoxy groups -OCH3 is 1. The minimum atomic E-state index is -0.892. The van der Waals surface area contributed by atoms with Gasteiger partial charge in [0.25, 0.3) is 0 Å².